The molecule has 7 aromatic rings. The van der Waals surface area contributed by atoms with Crippen molar-refractivity contribution in [3.63, 3.8) is 0 Å². The van der Waals surface area contributed by atoms with Crippen molar-refractivity contribution in [2.45, 2.75) is 56.0 Å². The van der Waals surface area contributed by atoms with Crippen LogP contribution in [0.4, 0.5) is 105 Å². The topological polar surface area (TPSA) is 20.9 Å². The van der Waals surface area contributed by atoms with Crippen LogP contribution in [-0.2, 0) is 56.0 Å². The van der Waals surface area contributed by atoms with Gasteiger partial charge in [-0.3, -0.25) is 4.79 Å². The first kappa shape index (κ1) is 60.5. The molecule has 0 unspecified atom stereocenters. The summed E-state index contributed by atoms with van der Waals surface area (Å²) in [5.74, 6) is 0.0998. The van der Waals surface area contributed by atoms with Crippen molar-refractivity contribution >= 4 is 60.5 Å². The number of ketones is 1. The minimum atomic E-state index is -6.13. The Balaban J connectivity index is 0.000000387. The van der Waals surface area contributed by atoms with Crippen LogP contribution in [0.25, 0.3) is 10.8 Å². The highest BCUT2D eigenvalue weighted by atomic mass is 79.9. The van der Waals surface area contributed by atoms with Gasteiger partial charge in [0.15, 0.2) is 12.7 Å². The molecule has 0 atom stereocenters. The highest BCUT2D eigenvalue weighted by molar-refractivity contribution is 9.09. The molecule has 0 N–H and O–H groups in total. The second-order valence-electron chi connectivity index (χ2n) is 17.1. The summed E-state index contributed by atoms with van der Waals surface area (Å²) >= 11 is 3.29. The summed E-state index contributed by atoms with van der Waals surface area (Å²) < 4.78 is 343. The van der Waals surface area contributed by atoms with Gasteiger partial charge in [0.05, 0.1) is 55.2 Å². The SMILES string of the molecule is FC(F)(F)c1cc([B-](c2cc(C(F)(F)F)cc(C(F)(F)F)c2)(c2cc(C(F)(F)F)cc(C(F)(F)F)c2)c2cc(C(F)(F)F)cc(C(F)(F)F)c2)cc(C(F)(F)F)c1.O=C(CBr)c1c2ccccc2cc[n+]1Cc1ccccc1. The summed E-state index contributed by atoms with van der Waals surface area (Å²) in [6.07, 6.45) is -52.8. The van der Waals surface area contributed by atoms with E-state index >= 15 is 0 Å². The van der Waals surface area contributed by atoms with Crippen LogP contribution in [0.1, 0.15) is 60.6 Å². The van der Waals surface area contributed by atoms with Crippen molar-refractivity contribution in [3.05, 3.63) is 195 Å². The molecular weight excluding hydrogens is 1180 g/mol. The summed E-state index contributed by atoms with van der Waals surface area (Å²) in [5.41, 5.74) is -28.3. The van der Waals surface area contributed by atoms with Crippen molar-refractivity contribution in [2.24, 2.45) is 0 Å². The highest BCUT2D eigenvalue weighted by Crippen LogP contribution is 2.41. The van der Waals surface area contributed by atoms with Gasteiger partial charge < -0.3 is 0 Å². The van der Waals surface area contributed by atoms with Gasteiger partial charge in [-0.05, 0) is 35.7 Å². The predicted molar refractivity (Wildman–Crippen MR) is 238 cm³/mol. The minimum absolute atomic E-state index is 0.0998. The monoisotopic (exact) mass is 1200 g/mol. The van der Waals surface area contributed by atoms with Crippen LogP contribution in [0.5, 0.6) is 0 Å². The van der Waals surface area contributed by atoms with E-state index in [0.717, 1.165) is 16.5 Å². The lowest BCUT2D eigenvalue weighted by Crippen LogP contribution is -2.75. The van der Waals surface area contributed by atoms with Crippen LogP contribution in [0.15, 0.2) is 140 Å². The lowest BCUT2D eigenvalue weighted by molar-refractivity contribution is -0.688. The molecule has 416 valence electrons. The molecule has 7 rings (SSSR count). The third kappa shape index (κ3) is 13.4. The van der Waals surface area contributed by atoms with E-state index in [-0.39, 0.29) is 5.78 Å². The van der Waals surface area contributed by atoms with E-state index in [1.165, 1.54) is 5.56 Å². The Bertz CT molecular complexity index is 2890. The van der Waals surface area contributed by atoms with E-state index < -0.39 is 195 Å². The Labute approximate surface area is 431 Å². The molecule has 0 amide bonds. The molecule has 0 saturated carbocycles. The van der Waals surface area contributed by atoms with Gasteiger partial charge in [0.2, 0.25) is 5.78 Å². The van der Waals surface area contributed by atoms with Crippen LogP contribution in [0.3, 0.4) is 0 Å². The fourth-order valence-electron chi connectivity index (χ4n) is 8.61. The number of aromatic nitrogens is 1. The summed E-state index contributed by atoms with van der Waals surface area (Å²) in [7, 11) is 0. The van der Waals surface area contributed by atoms with E-state index in [0.29, 0.717) is 11.9 Å². The molecule has 0 fully saturated rings. The molecule has 0 bridgehead atoms. The number of alkyl halides is 25. The van der Waals surface area contributed by atoms with Gasteiger partial charge in [0, 0.05) is 11.6 Å². The average molecular weight is 1200 g/mol. The van der Waals surface area contributed by atoms with Crippen molar-refractivity contribution in [3.8, 4) is 0 Å². The van der Waals surface area contributed by atoms with Gasteiger partial charge >= 0.3 is 49.4 Å². The Morgan fingerprint density at radius 2 is 0.641 bits per heavy atom. The summed E-state index contributed by atoms with van der Waals surface area (Å²) in [6, 6.07) is 11.4. The lowest BCUT2D eigenvalue weighted by atomic mass is 9.12. The van der Waals surface area contributed by atoms with E-state index in [9.17, 15) is 110 Å². The van der Waals surface area contributed by atoms with Gasteiger partial charge in [0.1, 0.15) is 6.15 Å². The molecule has 0 radical (unpaired) electrons. The van der Waals surface area contributed by atoms with Crippen molar-refractivity contribution in [1.29, 1.82) is 0 Å². The second kappa shape index (κ2) is 21.1. The number of fused-ring (bicyclic) bond motifs is 1. The third-order valence-electron chi connectivity index (χ3n) is 12.0. The molecule has 0 saturated heterocycles. The van der Waals surface area contributed by atoms with Crippen LogP contribution >= 0.6 is 15.9 Å². The van der Waals surface area contributed by atoms with Gasteiger partial charge in [-0.15, -0.1) is 0 Å². The molecule has 0 aliphatic carbocycles. The third-order valence-corrected chi connectivity index (χ3v) is 12.5. The number of carbonyl (C=O) groups excluding carboxylic acids is 1. The zero-order valence-electron chi connectivity index (χ0n) is 38.1. The fraction of sp³-hybridized carbons (Fsp3) is 0.200. The first-order valence-electron chi connectivity index (χ1n) is 21.5. The molecule has 0 aliphatic rings. The largest absolute Gasteiger partial charge is 0.416 e. The first-order chi connectivity index (χ1) is 35.6. The molecule has 6 aromatic carbocycles. The number of hydrogen-bond donors (Lipinski definition) is 0. The molecule has 78 heavy (non-hydrogen) atoms. The zero-order valence-corrected chi connectivity index (χ0v) is 39.7. The number of rotatable bonds is 8. The summed E-state index contributed by atoms with van der Waals surface area (Å²) in [6.45, 7) is 0.694. The predicted octanol–water partition coefficient (Wildman–Crippen LogP) is 15.0. The average Bonchev–Trinajstić information content (AvgIpc) is 3.33. The van der Waals surface area contributed by atoms with Crippen LogP contribution in [0, 0.1) is 0 Å². The number of nitrogens with zero attached hydrogens (tertiary/aromatic N) is 1. The number of benzene rings is 6. The maximum absolute atomic E-state index is 14.2. The Morgan fingerprint density at radius 1 is 0.372 bits per heavy atom. The smallest absolute Gasteiger partial charge is 0.286 e. The lowest BCUT2D eigenvalue weighted by Gasteiger charge is -2.46. The second-order valence-corrected chi connectivity index (χ2v) is 17.7. The molecule has 0 spiro atoms. The number of Topliss-reactive ketones (excluding diaryl/α,β-unsaturated/α-hetero) is 1. The van der Waals surface area contributed by atoms with E-state index in [2.05, 4.69) is 34.1 Å². The first-order valence-corrected chi connectivity index (χ1v) is 22.6. The Hall–Kier alpha value is -6.74. The number of carbonyl (C=O) groups is 1. The van der Waals surface area contributed by atoms with Crippen LogP contribution in [-0.4, -0.2) is 17.3 Å². The van der Waals surface area contributed by atoms with Crippen LogP contribution < -0.4 is 26.4 Å². The van der Waals surface area contributed by atoms with Gasteiger partial charge in [-0.2, -0.15) is 132 Å². The number of halogens is 25. The van der Waals surface area contributed by atoms with Gasteiger partial charge in [-0.25, -0.2) is 0 Å². The van der Waals surface area contributed by atoms with Crippen LogP contribution in [0.2, 0.25) is 0 Å². The normalized spacial score (nSPS) is 13.3. The maximum Gasteiger partial charge on any atom is 0.416 e. The molecule has 0 aliphatic heterocycles. The number of pyridine rings is 1. The van der Waals surface area contributed by atoms with E-state index in [1.54, 1.807) is 0 Å². The quantitative estimate of drug-likeness (QED) is 0.0488. The standard InChI is InChI=1S/C32H12BF24.C18H15BrNO/c34-25(35,36)13-1-14(26(37,38)39)6-21(5-13)33(22-7-15(27(40,41)42)2-16(8-22)28(43,44)45,23-9-17(29(46,47)48)3-18(10-23)30(49,50)51)24-11-19(31(52,53)54)4-20(12-24)32(55,56)57;19-12-17(21)18-16-9-5-4-8-15(16)10-11-20(18)13-14-6-2-1-3-7-14/h1-12H;1-11H,12-13H2/q-1;+1. The van der Waals surface area contributed by atoms with Crippen molar-refractivity contribution in [1.82, 2.24) is 0 Å². The molecule has 1 aromatic heterocycles. The minimum Gasteiger partial charge on any atom is -0.286 e. The summed E-state index contributed by atoms with van der Waals surface area (Å²) in [5, 5.41) is 2.42. The maximum atomic E-state index is 14.2. The van der Waals surface area contributed by atoms with Gasteiger partial charge in [-0.1, -0.05) is 113 Å². The highest BCUT2D eigenvalue weighted by Gasteiger charge is 2.47. The van der Waals surface area contributed by atoms with Gasteiger partial charge in [0.25, 0.3) is 5.69 Å². The van der Waals surface area contributed by atoms with E-state index in [1.807, 2.05) is 53.2 Å². The molecular formula is C50H27BBrF24NO. The molecule has 2 nitrogen and oxygen atoms in total. The van der Waals surface area contributed by atoms with Crippen molar-refractivity contribution < 1.29 is 115 Å². The number of hydrogen-bond acceptors (Lipinski definition) is 1. The fourth-order valence-corrected chi connectivity index (χ4v) is 8.88. The summed E-state index contributed by atoms with van der Waals surface area (Å²) in [4.78, 5) is 12.4. The van der Waals surface area contributed by atoms with E-state index in [4.69, 9.17) is 0 Å². The Morgan fingerprint density at radius 3 is 0.910 bits per heavy atom. The Kier molecular flexibility index (Phi) is 16.4. The van der Waals surface area contributed by atoms with Crippen molar-refractivity contribution in [2.75, 3.05) is 5.33 Å². The zero-order chi connectivity index (χ0) is 58.6. The molecule has 1 heterocycles. The molecule has 28 heteroatoms.